The minimum atomic E-state index is -0.362. The second-order valence-corrected chi connectivity index (χ2v) is 7.88. The fourth-order valence-corrected chi connectivity index (χ4v) is 5.00. The highest BCUT2D eigenvalue weighted by molar-refractivity contribution is 5.85. The van der Waals surface area contributed by atoms with E-state index in [0.29, 0.717) is 6.61 Å². The molecule has 1 aromatic rings. The van der Waals surface area contributed by atoms with Gasteiger partial charge in [-0.05, 0) is 54.6 Å². The lowest BCUT2D eigenvalue weighted by atomic mass is 9.90. The number of β-amino-alcohol motifs (C(OH)–C–C–N with tert-alkyl or cyclic N) is 1. The molecule has 2 bridgehead atoms. The molecule has 4 heteroatoms. The minimum absolute atomic E-state index is 0. The van der Waals surface area contributed by atoms with Crippen molar-refractivity contribution >= 4 is 12.4 Å². The Morgan fingerprint density at radius 3 is 2.75 bits per heavy atom. The maximum atomic E-state index is 10.3. The highest BCUT2D eigenvalue weighted by Gasteiger charge is 2.39. The standard InChI is InChI=1S/C20H29NO2.ClH/c22-20(14-23-13-19-10-15-5-6-17(19)9-15)12-21-8-7-16-3-1-2-4-18(16)11-21;/h1-4,15,17,19-20,22H,5-14H2;1H. The number of hydrogen-bond donors (Lipinski definition) is 1. The van der Waals surface area contributed by atoms with Crippen molar-refractivity contribution in [3.8, 4) is 0 Å². The molecule has 2 fully saturated rings. The third kappa shape index (κ3) is 4.13. The number of ether oxygens (including phenoxy) is 1. The first kappa shape index (κ1) is 18.2. The number of aliphatic hydroxyl groups is 1. The summed E-state index contributed by atoms with van der Waals surface area (Å²) in [6, 6.07) is 8.66. The number of fused-ring (bicyclic) bond motifs is 3. The molecule has 2 aliphatic carbocycles. The van der Waals surface area contributed by atoms with Crippen LogP contribution in [0.4, 0.5) is 0 Å². The van der Waals surface area contributed by atoms with E-state index in [4.69, 9.17) is 4.74 Å². The molecule has 24 heavy (non-hydrogen) atoms. The van der Waals surface area contributed by atoms with E-state index in [9.17, 15) is 5.11 Å². The van der Waals surface area contributed by atoms with Crippen LogP contribution in [-0.2, 0) is 17.7 Å². The van der Waals surface area contributed by atoms with Crippen molar-refractivity contribution in [2.24, 2.45) is 17.8 Å². The highest BCUT2D eigenvalue weighted by atomic mass is 35.5. The van der Waals surface area contributed by atoms with Gasteiger partial charge in [0.1, 0.15) is 0 Å². The van der Waals surface area contributed by atoms with Crippen LogP contribution in [0.5, 0.6) is 0 Å². The van der Waals surface area contributed by atoms with Gasteiger partial charge in [0.25, 0.3) is 0 Å². The Labute approximate surface area is 151 Å². The van der Waals surface area contributed by atoms with Gasteiger partial charge in [0.2, 0.25) is 0 Å². The van der Waals surface area contributed by atoms with Gasteiger partial charge in [-0.1, -0.05) is 30.7 Å². The zero-order chi connectivity index (χ0) is 15.6. The van der Waals surface area contributed by atoms with Crippen molar-refractivity contribution in [1.29, 1.82) is 0 Å². The summed E-state index contributed by atoms with van der Waals surface area (Å²) in [5.74, 6) is 2.66. The quantitative estimate of drug-likeness (QED) is 0.853. The predicted molar refractivity (Wildman–Crippen MR) is 98.4 cm³/mol. The molecule has 1 heterocycles. The Balaban J connectivity index is 0.00000169. The van der Waals surface area contributed by atoms with E-state index >= 15 is 0 Å². The lowest BCUT2D eigenvalue weighted by Crippen LogP contribution is -2.38. The van der Waals surface area contributed by atoms with Crippen molar-refractivity contribution in [2.75, 3.05) is 26.3 Å². The largest absolute Gasteiger partial charge is 0.389 e. The Morgan fingerprint density at radius 2 is 2.00 bits per heavy atom. The van der Waals surface area contributed by atoms with Gasteiger partial charge < -0.3 is 9.84 Å². The third-order valence-corrected chi connectivity index (χ3v) is 6.21. The topological polar surface area (TPSA) is 32.7 Å². The van der Waals surface area contributed by atoms with Crippen molar-refractivity contribution < 1.29 is 9.84 Å². The van der Waals surface area contributed by atoms with E-state index in [0.717, 1.165) is 50.4 Å². The molecule has 3 aliphatic rings. The van der Waals surface area contributed by atoms with E-state index in [1.165, 1.54) is 36.8 Å². The molecule has 134 valence electrons. The second-order valence-electron chi connectivity index (χ2n) is 7.88. The first-order valence-electron chi connectivity index (χ1n) is 9.33. The average Bonchev–Trinajstić information content (AvgIpc) is 3.18. The van der Waals surface area contributed by atoms with E-state index in [1.54, 1.807) is 0 Å². The monoisotopic (exact) mass is 351 g/mol. The van der Waals surface area contributed by atoms with Crippen molar-refractivity contribution in [2.45, 2.75) is 44.8 Å². The summed E-state index contributed by atoms with van der Waals surface area (Å²) in [6.07, 6.45) is 6.38. The summed E-state index contributed by atoms with van der Waals surface area (Å²) in [6.45, 7) is 4.08. The van der Waals surface area contributed by atoms with Gasteiger partial charge in [-0.3, -0.25) is 4.90 Å². The van der Waals surface area contributed by atoms with Crippen molar-refractivity contribution in [3.63, 3.8) is 0 Å². The molecule has 1 N–H and O–H groups in total. The highest BCUT2D eigenvalue weighted by Crippen LogP contribution is 2.48. The van der Waals surface area contributed by atoms with Gasteiger partial charge in [0.15, 0.2) is 0 Å². The zero-order valence-corrected chi connectivity index (χ0v) is 15.2. The molecular weight excluding hydrogens is 322 g/mol. The van der Waals surface area contributed by atoms with Crippen LogP contribution in [0.2, 0.25) is 0 Å². The van der Waals surface area contributed by atoms with Crippen LogP contribution in [0.3, 0.4) is 0 Å². The normalized spacial score (nSPS) is 30.0. The van der Waals surface area contributed by atoms with Crippen molar-refractivity contribution in [3.05, 3.63) is 35.4 Å². The molecule has 0 saturated heterocycles. The van der Waals surface area contributed by atoms with Crippen LogP contribution in [0.1, 0.15) is 36.8 Å². The summed E-state index contributed by atoms with van der Waals surface area (Å²) in [7, 11) is 0. The van der Waals surface area contributed by atoms with Gasteiger partial charge in [-0.2, -0.15) is 0 Å². The Morgan fingerprint density at radius 1 is 1.17 bits per heavy atom. The molecule has 0 amide bonds. The van der Waals surface area contributed by atoms with Crippen LogP contribution in [0.15, 0.2) is 24.3 Å². The van der Waals surface area contributed by atoms with E-state index in [-0.39, 0.29) is 18.5 Å². The van der Waals surface area contributed by atoms with Gasteiger partial charge in [0, 0.05) is 26.2 Å². The maximum Gasteiger partial charge on any atom is 0.0900 e. The predicted octanol–water partition coefficient (Wildman–Crippen LogP) is 3.28. The molecule has 3 nitrogen and oxygen atoms in total. The second kappa shape index (κ2) is 8.18. The molecule has 0 radical (unpaired) electrons. The number of rotatable bonds is 6. The molecule has 0 spiro atoms. The van der Waals surface area contributed by atoms with E-state index < -0.39 is 0 Å². The lowest BCUT2D eigenvalue weighted by Gasteiger charge is -2.30. The fraction of sp³-hybridized carbons (Fsp3) is 0.700. The molecular formula is C20H30ClNO2. The maximum absolute atomic E-state index is 10.3. The summed E-state index contributed by atoms with van der Waals surface area (Å²) < 4.78 is 5.87. The summed E-state index contributed by atoms with van der Waals surface area (Å²) >= 11 is 0. The van der Waals surface area contributed by atoms with Crippen LogP contribution < -0.4 is 0 Å². The Bertz CT molecular complexity index is 538. The molecule has 4 atom stereocenters. The number of nitrogens with zero attached hydrogens (tertiary/aromatic N) is 1. The van der Waals surface area contributed by atoms with E-state index in [2.05, 4.69) is 29.2 Å². The first-order valence-corrected chi connectivity index (χ1v) is 9.33. The SMILES string of the molecule is Cl.OC(COCC1CC2CCC1C2)CN1CCc2ccccc2C1. The van der Waals surface area contributed by atoms with Crippen LogP contribution in [0, 0.1) is 17.8 Å². The molecule has 2 saturated carbocycles. The number of benzene rings is 1. The van der Waals surface area contributed by atoms with Crippen LogP contribution in [-0.4, -0.2) is 42.4 Å². The fourth-order valence-electron chi connectivity index (χ4n) is 5.00. The van der Waals surface area contributed by atoms with Crippen molar-refractivity contribution in [1.82, 2.24) is 4.90 Å². The van der Waals surface area contributed by atoms with Crippen LogP contribution in [0.25, 0.3) is 0 Å². The first-order chi connectivity index (χ1) is 11.3. The van der Waals surface area contributed by atoms with Crippen LogP contribution >= 0.6 is 12.4 Å². The summed E-state index contributed by atoms with van der Waals surface area (Å²) in [5.41, 5.74) is 2.87. The molecule has 0 aromatic heterocycles. The Hall–Kier alpha value is -0.610. The third-order valence-electron chi connectivity index (χ3n) is 6.21. The summed E-state index contributed by atoms with van der Waals surface area (Å²) in [4.78, 5) is 2.36. The summed E-state index contributed by atoms with van der Waals surface area (Å²) in [5, 5.41) is 10.3. The molecule has 4 unspecified atom stereocenters. The number of hydrogen-bond acceptors (Lipinski definition) is 3. The van der Waals surface area contributed by atoms with Gasteiger partial charge in [-0.15, -0.1) is 12.4 Å². The molecule has 1 aliphatic heterocycles. The Kier molecular flexibility index (Phi) is 6.20. The van der Waals surface area contributed by atoms with Gasteiger partial charge in [0.05, 0.1) is 12.7 Å². The van der Waals surface area contributed by atoms with E-state index in [1.807, 2.05) is 0 Å². The van der Waals surface area contributed by atoms with Gasteiger partial charge >= 0.3 is 0 Å². The van der Waals surface area contributed by atoms with Gasteiger partial charge in [-0.25, -0.2) is 0 Å². The zero-order valence-electron chi connectivity index (χ0n) is 14.4. The minimum Gasteiger partial charge on any atom is -0.389 e. The number of aliphatic hydroxyl groups excluding tert-OH is 1. The average molecular weight is 352 g/mol. The smallest absolute Gasteiger partial charge is 0.0900 e. The molecule has 1 aromatic carbocycles. The number of halogens is 1. The molecule has 4 rings (SSSR count). The lowest BCUT2D eigenvalue weighted by molar-refractivity contribution is -0.00387.